The van der Waals surface area contributed by atoms with Gasteiger partial charge in [-0.25, -0.2) is 8.42 Å². The number of benzene rings is 4. The van der Waals surface area contributed by atoms with Crippen LogP contribution in [-0.2, 0) is 20.7 Å². The molecule has 0 bridgehead atoms. The molecule has 4 aromatic carbocycles. The van der Waals surface area contributed by atoms with Crippen molar-refractivity contribution in [1.82, 2.24) is 0 Å². The Hall–Kier alpha value is -3.57. The molecular formula is C39H50O4S. The van der Waals surface area contributed by atoms with Gasteiger partial charge < -0.3 is 9.84 Å². The Morgan fingerprint density at radius 3 is 1.36 bits per heavy atom. The molecule has 0 aromatic heterocycles. The van der Waals surface area contributed by atoms with E-state index in [1.54, 1.807) is 48.5 Å². The van der Waals surface area contributed by atoms with E-state index in [0.29, 0.717) is 11.5 Å². The SMILES string of the molecule is CCC(C)(CC)c1ccc(S(=O)(=O)c2ccc(Oc3ccc(C(C)(C)c4ccc(O)cc4)cc3)cc2)cc1.CCC(C)CC. The van der Waals surface area contributed by atoms with Crippen molar-refractivity contribution in [3.63, 3.8) is 0 Å². The van der Waals surface area contributed by atoms with Crippen LogP contribution in [0.4, 0.5) is 0 Å². The topological polar surface area (TPSA) is 63.6 Å². The van der Waals surface area contributed by atoms with E-state index < -0.39 is 9.84 Å². The van der Waals surface area contributed by atoms with E-state index in [0.717, 1.165) is 35.4 Å². The fourth-order valence-electron chi connectivity index (χ4n) is 4.93. The van der Waals surface area contributed by atoms with Crippen LogP contribution in [0.25, 0.3) is 0 Å². The molecule has 0 atom stereocenters. The number of ether oxygens (including phenoxy) is 1. The van der Waals surface area contributed by atoms with Crippen molar-refractivity contribution in [2.75, 3.05) is 0 Å². The summed E-state index contributed by atoms with van der Waals surface area (Å²) in [6.45, 7) is 17.5. The minimum atomic E-state index is -3.63. The molecule has 1 N–H and O–H groups in total. The zero-order valence-corrected chi connectivity index (χ0v) is 28.5. The molecule has 5 heteroatoms. The van der Waals surface area contributed by atoms with Crippen LogP contribution in [0.5, 0.6) is 17.2 Å². The molecule has 4 rings (SSSR count). The van der Waals surface area contributed by atoms with E-state index in [-0.39, 0.29) is 26.4 Å². The van der Waals surface area contributed by atoms with Gasteiger partial charge in [-0.05, 0) is 102 Å². The third kappa shape index (κ3) is 8.32. The summed E-state index contributed by atoms with van der Waals surface area (Å²) < 4.78 is 32.4. The van der Waals surface area contributed by atoms with Crippen molar-refractivity contribution in [2.45, 2.75) is 102 Å². The molecule has 4 aromatic rings. The lowest BCUT2D eigenvalue weighted by atomic mass is 9.78. The van der Waals surface area contributed by atoms with Crippen LogP contribution in [0.2, 0.25) is 0 Å². The Morgan fingerprint density at radius 1 is 0.614 bits per heavy atom. The summed E-state index contributed by atoms with van der Waals surface area (Å²) in [5.41, 5.74) is 3.16. The van der Waals surface area contributed by atoms with Gasteiger partial charge in [0.05, 0.1) is 9.79 Å². The number of hydrogen-bond acceptors (Lipinski definition) is 4. The summed E-state index contributed by atoms with van der Waals surface area (Å²) in [6.07, 6.45) is 4.65. The summed E-state index contributed by atoms with van der Waals surface area (Å²) in [7, 11) is -3.63. The molecule has 0 aliphatic heterocycles. The first kappa shape index (κ1) is 34.9. The first-order valence-corrected chi connectivity index (χ1v) is 17.3. The van der Waals surface area contributed by atoms with Gasteiger partial charge in [-0.3, -0.25) is 0 Å². The molecule has 0 spiro atoms. The first-order valence-electron chi connectivity index (χ1n) is 15.8. The number of phenolic OH excluding ortho intramolecular Hbond substituents is 1. The molecule has 4 nitrogen and oxygen atoms in total. The Morgan fingerprint density at radius 2 is 0.977 bits per heavy atom. The Bertz CT molecular complexity index is 1540. The molecule has 0 unspecified atom stereocenters. The second-order valence-corrected chi connectivity index (χ2v) is 14.4. The van der Waals surface area contributed by atoms with Gasteiger partial charge in [0, 0.05) is 5.41 Å². The van der Waals surface area contributed by atoms with Crippen molar-refractivity contribution in [1.29, 1.82) is 0 Å². The minimum absolute atomic E-state index is 0.0424. The highest BCUT2D eigenvalue weighted by Gasteiger charge is 2.25. The molecule has 0 fully saturated rings. The molecule has 0 aliphatic carbocycles. The van der Waals surface area contributed by atoms with Crippen LogP contribution in [0, 0.1) is 5.92 Å². The maximum absolute atomic E-state index is 13.2. The number of aromatic hydroxyl groups is 1. The Kier molecular flexibility index (Phi) is 11.9. The van der Waals surface area contributed by atoms with E-state index >= 15 is 0 Å². The zero-order valence-electron chi connectivity index (χ0n) is 27.7. The molecule has 0 saturated heterocycles. The molecule has 0 heterocycles. The normalized spacial score (nSPS) is 12.0. The van der Waals surface area contributed by atoms with E-state index in [4.69, 9.17) is 4.74 Å². The van der Waals surface area contributed by atoms with Crippen LogP contribution in [0.15, 0.2) is 107 Å². The van der Waals surface area contributed by atoms with Crippen LogP contribution in [0.3, 0.4) is 0 Å². The molecule has 44 heavy (non-hydrogen) atoms. The summed E-state index contributed by atoms with van der Waals surface area (Å²) in [4.78, 5) is 0.522. The van der Waals surface area contributed by atoms with E-state index in [1.165, 1.54) is 12.8 Å². The summed E-state index contributed by atoms with van der Waals surface area (Å²) in [5.74, 6) is 2.41. The van der Waals surface area contributed by atoms with Crippen LogP contribution in [0.1, 0.15) is 97.8 Å². The van der Waals surface area contributed by atoms with Crippen molar-refractivity contribution < 1.29 is 18.3 Å². The standard InChI is InChI=1S/C33H36O4S.C6H14/c1-6-33(5,7-2)26-12-20-30(21-13-26)38(35,36)31-22-18-29(19-23-31)37-28-16-10-25(11-17-28)32(3,4)24-8-14-27(34)15-9-24;1-4-6(3)5-2/h8-23,34H,6-7H2,1-5H3;6H,4-5H2,1-3H3. The number of phenols is 1. The van der Waals surface area contributed by atoms with Crippen molar-refractivity contribution in [3.8, 4) is 17.2 Å². The maximum atomic E-state index is 13.2. The van der Waals surface area contributed by atoms with Gasteiger partial charge >= 0.3 is 0 Å². The summed E-state index contributed by atoms with van der Waals surface area (Å²) in [6, 6.07) is 28.9. The van der Waals surface area contributed by atoms with Crippen molar-refractivity contribution in [2.24, 2.45) is 5.92 Å². The van der Waals surface area contributed by atoms with Gasteiger partial charge in [0.1, 0.15) is 17.2 Å². The van der Waals surface area contributed by atoms with Gasteiger partial charge in [-0.2, -0.15) is 0 Å². The quantitative estimate of drug-likeness (QED) is 0.183. The smallest absolute Gasteiger partial charge is 0.206 e. The zero-order chi connectivity index (χ0) is 32.5. The Labute approximate surface area is 266 Å². The third-order valence-corrected chi connectivity index (χ3v) is 11.1. The summed E-state index contributed by atoms with van der Waals surface area (Å²) in [5, 5.41) is 9.59. The van der Waals surface area contributed by atoms with E-state index in [1.807, 2.05) is 48.5 Å². The van der Waals surface area contributed by atoms with E-state index in [2.05, 4.69) is 55.4 Å². The average Bonchev–Trinajstić information content (AvgIpc) is 3.05. The first-order chi connectivity index (χ1) is 20.8. The van der Waals surface area contributed by atoms with E-state index in [9.17, 15) is 13.5 Å². The summed E-state index contributed by atoms with van der Waals surface area (Å²) >= 11 is 0. The molecule has 0 amide bonds. The largest absolute Gasteiger partial charge is 0.508 e. The molecule has 236 valence electrons. The lowest BCUT2D eigenvalue weighted by Gasteiger charge is -2.27. The number of rotatable bonds is 11. The Balaban J connectivity index is 0.000000801. The predicted molar refractivity (Wildman–Crippen MR) is 183 cm³/mol. The van der Waals surface area contributed by atoms with Crippen molar-refractivity contribution in [3.05, 3.63) is 114 Å². The highest BCUT2D eigenvalue weighted by molar-refractivity contribution is 7.91. The second-order valence-electron chi connectivity index (χ2n) is 12.5. The minimum Gasteiger partial charge on any atom is -0.508 e. The molecule has 0 aliphatic rings. The molecule has 0 radical (unpaired) electrons. The predicted octanol–water partition coefficient (Wildman–Crippen LogP) is 10.9. The molecular weight excluding hydrogens is 564 g/mol. The highest BCUT2D eigenvalue weighted by atomic mass is 32.2. The second kappa shape index (κ2) is 14.9. The van der Waals surface area contributed by atoms with Crippen molar-refractivity contribution >= 4 is 9.84 Å². The third-order valence-electron chi connectivity index (χ3n) is 9.35. The van der Waals surface area contributed by atoms with Gasteiger partial charge in [-0.1, -0.05) is 105 Å². The number of hydrogen-bond donors (Lipinski definition) is 1. The van der Waals surface area contributed by atoms with Crippen LogP contribution >= 0.6 is 0 Å². The average molecular weight is 615 g/mol. The van der Waals surface area contributed by atoms with Gasteiger partial charge in [0.25, 0.3) is 0 Å². The van der Waals surface area contributed by atoms with Gasteiger partial charge in [-0.15, -0.1) is 0 Å². The lowest BCUT2D eigenvalue weighted by molar-refractivity contribution is 0.438. The molecule has 0 saturated carbocycles. The van der Waals surface area contributed by atoms with Gasteiger partial charge in [0.2, 0.25) is 9.84 Å². The fraction of sp³-hybridized carbons (Fsp3) is 0.385. The fourth-order valence-corrected chi connectivity index (χ4v) is 6.19. The monoisotopic (exact) mass is 614 g/mol. The highest BCUT2D eigenvalue weighted by Crippen LogP contribution is 2.35. The lowest BCUT2D eigenvalue weighted by Crippen LogP contribution is -2.19. The maximum Gasteiger partial charge on any atom is 0.206 e. The number of sulfone groups is 1. The van der Waals surface area contributed by atoms with Crippen LogP contribution < -0.4 is 4.74 Å². The van der Waals surface area contributed by atoms with Crippen LogP contribution in [-0.4, -0.2) is 13.5 Å². The van der Waals surface area contributed by atoms with Gasteiger partial charge in [0.15, 0.2) is 0 Å².